The number of hydrogen-bond acceptors (Lipinski definition) is 4. The predicted octanol–water partition coefficient (Wildman–Crippen LogP) is 13.1. The van der Waals surface area contributed by atoms with Gasteiger partial charge in [-0.2, -0.15) is 0 Å². The van der Waals surface area contributed by atoms with E-state index in [9.17, 15) is 0 Å². The van der Waals surface area contributed by atoms with E-state index in [-0.39, 0.29) is 0 Å². The zero-order chi connectivity index (χ0) is 33.0. The Balaban J connectivity index is 1.18. The number of aromatic nitrogens is 2. The van der Waals surface area contributed by atoms with Gasteiger partial charge in [-0.1, -0.05) is 115 Å². The van der Waals surface area contributed by atoms with Crippen molar-refractivity contribution in [3.63, 3.8) is 0 Å². The molecular weight excluding hydrogens is 629 g/mol. The Morgan fingerprint density at radius 3 is 1.76 bits per heavy atom. The van der Waals surface area contributed by atoms with Crippen LogP contribution in [-0.4, -0.2) is 9.97 Å². The van der Waals surface area contributed by atoms with Crippen LogP contribution in [0.1, 0.15) is 0 Å². The normalized spacial score (nSPS) is 11.6. The van der Waals surface area contributed by atoms with Gasteiger partial charge in [-0.25, -0.2) is 9.97 Å². The average molecular weight is 657 g/mol. The molecule has 0 atom stereocenters. The lowest BCUT2D eigenvalue weighted by Gasteiger charge is -2.13. The molecular formula is C46H28N2OS. The summed E-state index contributed by atoms with van der Waals surface area (Å²) in [6.45, 7) is 0. The highest BCUT2D eigenvalue weighted by molar-refractivity contribution is 7.25. The molecule has 7 aromatic carbocycles. The smallest absolute Gasteiger partial charge is 0.160 e. The molecule has 3 nitrogen and oxygen atoms in total. The third-order valence-corrected chi connectivity index (χ3v) is 10.6. The Morgan fingerprint density at radius 2 is 0.940 bits per heavy atom. The molecule has 0 N–H and O–H groups in total. The summed E-state index contributed by atoms with van der Waals surface area (Å²) < 4.78 is 8.71. The van der Waals surface area contributed by atoms with Crippen LogP contribution in [0.4, 0.5) is 0 Å². The van der Waals surface area contributed by atoms with Crippen LogP contribution in [-0.2, 0) is 0 Å². The van der Waals surface area contributed by atoms with E-state index in [2.05, 4.69) is 140 Å². The minimum atomic E-state index is 0.701. The summed E-state index contributed by atoms with van der Waals surface area (Å²) in [5.74, 6) is 0.701. The van der Waals surface area contributed by atoms with Crippen molar-refractivity contribution in [2.45, 2.75) is 0 Å². The van der Waals surface area contributed by atoms with Gasteiger partial charge in [-0.3, -0.25) is 0 Å². The van der Waals surface area contributed by atoms with Gasteiger partial charge >= 0.3 is 0 Å². The second-order valence-corrected chi connectivity index (χ2v) is 13.7. The fraction of sp³-hybridized carbons (Fsp3) is 0. The number of thiophene rings is 1. The molecule has 3 heterocycles. The summed E-state index contributed by atoms with van der Waals surface area (Å²) in [5, 5.41) is 4.79. The summed E-state index contributed by atoms with van der Waals surface area (Å²) in [6, 6.07) is 59.8. The molecule has 0 spiro atoms. The largest absolute Gasteiger partial charge is 0.456 e. The lowest BCUT2D eigenvalue weighted by atomic mass is 9.94. The quantitative estimate of drug-likeness (QED) is 0.185. The van der Waals surface area contributed by atoms with Crippen LogP contribution in [0.25, 0.3) is 98.3 Å². The topological polar surface area (TPSA) is 38.9 Å². The van der Waals surface area contributed by atoms with E-state index >= 15 is 0 Å². The molecule has 0 aliphatic heterocycles. The molecule has 0 amide bonds. The summed E-state index contributed by atoms with van der Waals surface area (Å²) >= 11 is 1.82. The lowest BCUT2D eigenvalue weighted by Crippen LogP contribution is -1.96. The van der Waals surface area contributed by atoms with Crippen LogP contribution in [0.5, 0.6) is 0 Å². The molecule has 3 aromatic heterocycles. The second-order valence-electron chi connectivity index (χ2n) is 12.6. The molecule has 0 fully saturated rings. The molecule has 50 heavy (non-hydrogen) atoms. The maximum Gasteiger partial charge on any atom is 0.160 e. The van der Waals surface area contributed by atoms with Crippen molar-refractivity contribution in [2.24, 2.45) is 0 Å². The number of benzene rings is 7. The first-order valence-corrected chi connectivity index (χ1v) is 17.5. The van der Waals surface area contributed by atoms with Crippen LogP contribution < -0.4 is 0 Å². The third-order valence-electron chi connectivity index (χ3n) is 9.48. The van der Waals surface area contributed by atoms with Gasteiger partial charge < -0.3 is 4.42 Å². The van der Waals surface area contributed by atoms with Gasteiger partial charge in [0, 0.05) is 47.6 Å². The van der Waals surface area contributed by atoms with Gasteiger partial charge in [0.05, 0.1) is 11.4 Å². The van der Waals surface area contributed by atoms with Crippen LogP contribution in [0.3, 0.4) is 0 Å². The van der Waals surface area contributed by atoms with Crippen LogP contribution in [0, 0.1) is 0 Å². The zero-order valence-corrected chi connectivity index (χ0v) is 27.7. The fourth-order valence-electron chi connectivity index (χ4n) is 6.99. The standard InChI is InChI=1S/C46H28N2OS/c1-3-11-29(12-4-1)33-23-34(31-20-22-43-39(26-31)36-15-7-9-17-42(36)49-43)25-35(24-33)41-28-40(47-46(48-41)30-13-5-2-6-14-30)32-19-21-38-37-16-8-10-18-44(37)50-45(38)27-32/h1-28H. The van der Waals surface area contributed by atoms with E-state index in [1.807, 2.05) is 41.7 Å². The molecule has 0 saturated carbocycles. The molecule has 0 radical (unpaired) electrons. The van der Waals surface area contributed by atoms with Crippen molar-refractivity contribution < 1.29 is 4.42 Å². The molecule has 0 saturated heterocycles. The maximum atomic E-state index is 6.17. The van der Waals surface area contributed by atoms with E-state index in [1.165, 1.54) is 20.2 Å². The van der Waals surface area contributed by atoms with Crippen LogP contribution in [0.15, 0.2) is 174 Å². The molecule has 0 aliphatic rings. The molecule has 0 bridgehead atoms. The van der Waals surface area contributed by atoms with E-state index in [4.69, 9.17) is 14.4 Å². The number of hydrogen-bond donors (Lipinski definition) is 0. The molecule has 234 valence electrons. The predicted molar refractivity (Wildman–Crippen MR) is 209 cm³/mol. The SMILES string of the molecule is c1ccc(-c2cc(-c3ccc4oc5ccccc5c4c3)cc(-c3cc(-c4ccc5c(c4)sc4ccccc45)nc(-c4ccccc4)n3)c2)cc1. The minimum absolute atomic E-state index is 0.701. The number of furan rings is 1. The summed E-state index contributed by atoms with van der Waals surface area (Å²) in [6.07, 6.45) is 0. The summed E-state index contributed by atoms with van der Waals surface area (Å²) in [7, 11) is 0. The van der Waals surface area contributed by atoms with Gasteiger partial charge in [0.2, 0.25) is 0 Å². The van der Waals surface area contributed by atoms with Crippen LogP contribution >= 0.6 is 11.3 Å². The van der Waals surface area contributed by atoms with Crippen molar-refractivity contribution >= 4 is 53.4 Å². The molecule has 4 heteroatoms. The monoisotopic (exact) mass is 656 g/mol. The maximum absolute atomic E-state index is 6.17. The van der Waals surface area contributed by atoms with E-state index in [1.54, 1.807) is 0 Å². The first-order chi connectivity index (χ1) is 24.7. The number of para-hydroxylation sites is 1. The lowest BCUT2D eigenvalue weighted by molar-refractivity contribution is 0.669. The molecule has 10 aromatic rings. The summed E-state index contributed by atoms with van der Waals surface area (Å²) in [5.41, 5.74) is 11.1. The fourth-order valence-corrected chi connectivity index (χ4v) is 8.13. The first-order valence-electron chi connectivity index (χ1n) is 16.7. The average Bonchev–Trinajstić information content (AvgIpc) is 3.76. The third kappa shape index (κ3) is 4.97. The Kier molecular flexibility index (Phi) is 6.68. The number of fused-ring (bicyclic) bond motifs is 6. The van der Waals surface area contributed by atoms with E-state index < -0.39 is 0 Å². The second kappa shape index (κ2) is 11.7. The van der Waals surface area contributed by atoms with Crippen molar-refractivity contribution in [2.75, 3.05) is 0 Å². The van der Waals surface area contributed by atoms with Gasteiger partial charge in [0.15, 0.2) is 5.82 Å². The first kappa shape index (κ1) is 28.6. The van der Waals surface area contributed by atoms with Crippen molar-refractivity contribution in [3.05, 3.63) is 170 Å². The van der Waals surface area contributed by atoms with Crippen molar-refractivity contribution in [1.29, 1.82) is 0 Å². The van der Waals surface area contributed by atoms with Gasteiger partial charge in [0.1, 0.15) is 11.2 Å². The highest BCUT2D eigenvalue weighted by Gasteiger charge is 2.16. The van der Waals surface area contributed by atoms with Gasteiger partial charge in [-0.05, 0) is 76.9 Å². The highest BCUT2D eigenvalue weighted by atomic mass is 32.1. The Bertz CT molecular complexity index is 2870. The van der Waals surface area contributed by atoms with E-state index in [0.29, 0.717) is 5.82 Å². The van der Waals surface area contributed by atoms with Gasteiger partial charge in [0.25, 0.3) is 0 Å². The van der Waals surface area contributed by atoms with Gasteiger partial charge in [-0.15, -0.1) is 11.3 Å². The Labute approximate surface area is 292 Å². The molecule has 0 unspecified atom stereocenters. The van der Waals surface area contributed by atoms with Crippen molar-refractivity contribution in [3.8, 4) is 56.2 Å². The number of nitrogens with zero attached hydrogens (tertiary/aromatic N) is 2. The Morgan fingerprint density at radius 1 is 0.340 bits per heavy atom. The minimum Gasteiger partial charge on any atom is -0.456 e. The molecule has 10 rings (SSSR count). The van der Waals surface area contributed by atoms with Crippen molar-refractivity contribution in [1.82, 2.24) is 9.97 Å². The number of rotatable bonds is 5. The van der Waals surface area contributed by atoms with E-state index in [0.717, 1.165) is 72.3 Å². The highest BCUT2D eigenvalue weighted by Crippen LogP contribution is 2.39. The van der Waals surface area contributed by atoms with Crippen LogP contribution in [0.2, 0.25) is 0 Å². The Hall–Kier alpha value is -6.36. The molecule has 0 aliphatic carbocycles. The zero-order valence-electron chi connectivity index (χ0n) is 26.9. The summed E-state index contributed by atoms with van der Waals surface area (Å²) in [4.78, 5) is 10.4.